The number of rotatable bonds is 5. The normalized spacial score (nSPS) is 13.4. The Hall–Kier alpha value is -3.46. The molecule has 0 aliphatic carbocycles. The number of hydrogen-bond donors (Lipinski definition) is 1. The van der Waals surface area contributed by atoms with Crippen LogP contribution < -0.4 is 14.4 Å². The molecule has 1 N–H and O–H groups in total. The molecule has 0 bridgehead atoms. The molecule has 9 heteroatoms. The Labute approximate surface area is 184 Å². The van der Waals surface area contributed by atoms with E-state index in [0.717, 1.165) is 24.1 Å². The average molecular weight is 458 g/mol. The van der Waals surface area contributed by atoms with Crippen molar-refractivity contribution in [1.82, 2.24) is 0 Å². The van der Waals surface area contributed by atoms with Crippen molar-refractivity contribution in [3.05, 3.63) is 83.4 Å². The summed E-state index contributed by atoms with van der Waals surface area (Å²) in [6.45, 7) is 0.293. The summed E-state index contributed by atoms with van der Waals surface area (Å²) in [5.74, 6) is -2.32. The molecular weight excluding hydrogens is 438 g/mol. The molecule has 166 valence electrons. The second-order valence-corrected chi connectivity index (χ2v) is 9.12. The van der Waals surface area contributed by atoms with Crippen molar-refractivity contribution >= 4 is 27.3 Å². The van der Waals surface area contributed by atoms with Gasteiger partial charge in [-0.15, -0.1) is 0 Å². The van der Waals surface area contributed by atoms with Crippen LogP contribution in [0.3, 0.4) is 0 Å². The summed E-state index contributed by atoms with van der Waals surface area (Å²) >= 11 is 0. The number of sulfonamides is 1. The summed E-state index contributed by atoms with van der Waals surface area (Å²) in [7, 11) is -2.71. The molecule has 0 spiro atoms. The van der Waals surface area contributed by atoms with Gasteiger partial charge in [-0.1, -0.05) is 18.2 Å². The van der Waals surface area contributed by atoms with Crippen LogP contribution in [0.15, 0.2) is 65.6 Å². The Morgan fingerprint density at radius 1 is 1.03 bits per heavy atom. The van der Waals surface area contributed by atoms with Crippen LogP contribution in [0.4, 0.5) is 20.2 Å². The molecule has 1 heterocycles. The van der Waals surface area contributed by atoms with E-state index in [-0.39, 0.29) is 21.9 Å². The van der Waals surface area contributed by atoms with Crippen LogP contribution in [-0.2, 0) is 16.4 Å². The molecule has 1 aliphatic rings. The zero-order chi connectivity index (χ0) is 22.9. The minimum absolute atomic E-state index is 0.000612. The van der Waals surface area contributed by atoms with E-state index in [1.54, 1.807) is 12.1 Å². The number of methoxy groups -OCH3 is 1. The second-order valence-electron chi connectivity index (χ2n) is 7.29. The fraction of sp³-hybridized carbons (Fsp3) is 0.174. The van der Waals surface area contributed by atoms with Gasteiger partial charge < -0.3 is 10.1 Å². The molecule has 4 rings (SSSR count). The van der Waals surface area contributed by atoms with Crippen molar-refractivity contribution in [2.75, 3.05) is 23.3 Å². The predicted molar refractivity (Wildman–Crippen MR) is 117 cm³/mol. The van der Waals surface area contributed by atoms with Crippen LogP contribution in [0.2, 0.25) is 0 Å². The number of anilines is 2. The van der Waals surface area contributed by atoms with Crippen LogP contribution in [0, 0.1) is 11.6 Å². The lowest BCUT2D eigenvalue weighted by Crippen LogP contribution is -2.35. The Morgan fingerprint density at radius 3 is 2.47 bits per heavy atom. The maximum Gasteiger partial charge on any atom is 0.268 e. The van der Waals surface area contributed by atoms with Gasteiger partial charge in [-0.05, 0) is 54.8 Å². The smallest absolute Gasteiger partial charge is 0.268 e. The number of nitrogens with one attached hydrogen (secondary N) is 1. The van der Waals surface area contributed by atoms with E-state index >= 15 is 0 Å². The van der Waals surface area contributed by atoms with Gasteiger partial charge in [0, 0.05) is 23.9 Å². The van der Waals surface area contributed by atoms with Gasteiger partial charge in [-0.2, -0.15) is 0 Å². The number of nitrogens with zero attached hydrogens (tertiary/aromatic N) is 1. The first-order chi connectivity index (χ1) is 15.3. The number of ether oxygens (including phenoxy) is 1. The molecule has 1 amide bonds. The summed E-state index contributed by atoms with van der Waals surface area (Å²) in [6.07, 6.45) is 1.43. The number of aryl methyl sites for hydroxylation is 1. The minimum atomic E-state index is -4.05. The van der Waals surface area contributed by atoms with Crippen LogP contribution in [-0.4, -0.2) is 28.0 Å². The number of fused-ring (bicyclic) bond motifs is 1. The van der Waals surface area contributed by atoms with E-state index < -0.39 is 27.6 Å². The van der Waals surface area contributed by atoms with Gasteiger partial charge in [0.2, 0.25) is 0 Å². The van der Waals surface area contributed by atoms with E-state index in [4.69, 9.17) is 4.74 Å². The lowest BCUT2D eigenvalue weighted by molar-refractivity contribution is 0.102. The topological polar surface area (TPSA) is 75.7 Å². The third-order valence-corrected chi connectivity index (χ3v) is 7.02. The van der Waals surface area contributed by atoms with Crippen LogP contribution >= 0.6 is 0 Å². The zero-order valence-corrected chi connectivity index (χ0v) is 18.0. The molecule has 1 aliphatic heterocycles. The van der Waals surface area contributed by atoms with Crippen molar-refractivity contribution in [3.63, 3.8) is 0 Å². The first-order valence-corrected chi connectivity index (χ1v) is 11.3. The number of carbonyl (C=O) groups is 1. The molecule has 0 radical (unpaired) electrons. The standard InChI is InChI=1S/C23H20F2N2O4S/c1-31-21-9-8-16(23(28)26-19-13-17(24)12-18(25)14-19)11-22(21)32(29,30)27-10-4-6-15-5-2-3-7-20(15)27/h2-3,5,7-9,11-14H,4,6,10H2,1H3,(H,26,28). The molecule has 0 aromatic heterocycles. The molecule has 3 aromatic carbocycles. The third-order valence-electron chi connectivity index (χ3n) is 5.18. The SMILES string of the molecule is COc1ccc(C(=O)Nc2cc(F)cc(F)c2)cc1S(=O)(=O)N1CCCc2ccccc21. The number of para-hydroxylation sites is 1. The Bertz CT molecular complexity index is 1270. The Morgan fingerprint density at radius 2 is 1.75 bits per heavy atom. The number of amides is 1. The first kappa shape index (κ1) is 21.8. The lowest BCUT2D eigenvalue weighted by Gasteiger charge is -2.31. The quantitative estimate of drug-likeness (QED) is 0.616. The van der Waals surface area contributed by atoms with Crippen molar-refractivity contribution in [2.24, 2.45) is 0 Å². The van der Waals surface area contributed by atoms with Crippen molar-refractivity contribution in [1.29, 1.82) is 0 Å². The first-order valence-electron chi connectivity index (χ1n) is 9.86. The van der Waals surface area contributed by atoms with Gasteiger partial charge in [-0.25, -0.2) is 17.2 Å². The fourth-order valence-corrected chi connectivity index (χ4v) is 5.44. The number of hydrogen-bond acceptors (Lipinski definition) is 4. The summed E-state index contributed by atoms with van der Waals surface area (Å²) < 4.78 is 60.6. The Balaban J connectivity index is 1.72. The monoisotopic (exact) mass is 458 g/mol. The number of benzene rings is 3. The number of carbonyl (C=O) groups excluding carboxylic acids is 1. The van der Waals surface area contributed by atoms with Crippen LogP contribution in [0.5, 0.6) is 5.75 Å². The van der Waals surface area contributed by atoms with E-state index in [9.17, 15) is 22.0 Å². The summed E-state index contributed by atoms with van der Waals surface area (Å²) in [4.78, 5) is 12.5. The highest BCUT2D eigenvalue weighted by Crippen LogP contribution is 2.35. The molecule has 0 unspecified atom stereocenters. The maximum absolute atomic E-state index is 13.6. The lowest BCUT2D eigenvalue weighted by atomic mass is 10.0. The third kappa shape index (κ3) is 4.16. The highest BCUT2D eigenvalue weighted by molar-refractivity contribution is 7.93. The molecule has 0 saturated heterocycles. The van der Waals surface area contributed by atoms with Crippen molar-refractivity contribution in [3.8, 4) is 5.75 Å². The van der Waals surface area contributed by atoms with Gasteiger partial charge >= 0.3 is 0 Å². The summed E-state index contributed by atoms with van der Waals surface area (Å²) in [5.41, 5.74) is 1.42. The molecule has 0 atom stereocenters. The van der Waals surface area contributed by atoms with E-state index in [2.05, 4.69) is 5.32 Å². The van der Waals surface area contributed by atoms with Gasteiger partial charge in [0.25, 0.3) is 15.9 Å². The average Bonchev–Trinajstić information content (AvgIpc) is 2.77. The van der Waals surface area contributed by atoms with Crippen molar-refractivity contribution in [2.45, 2.75) is 17.7 Å². The summed E-state index contributed by atoms with van der Waals surface area (Å²) in [6, 6.07) is 13.8. The largest absolute Gasteiger partial charge is 0.495 e. The number of halogens is 2. The second kappa shape index (κ2) is 8.58. The molecule has 6 nitrogen and oxygen atoms in total. The molecule has 0 fully saturated rings. The maximum atomic E-state index is 13.6. The molecule has 0 saturated carbocycles. The molecule has 32 heavy (non-hydrogen) atoms. The fourth-order valence-electron chi connectivity index (χ4n) is 3.72. The van der Waals surface area contributed by atoms with E-state index in [0.29, 0.717) is 24.7 Å². The van der Waals surface area contributed by atoms with E-state index in [1.165, 1.54) is 29.6 Å². The predicted octanol–water partition coefficient (Wildman–Crippen LogP) is 4.37. The molecular formula is C23H20F2N2O4S. The minimum Gasteiger partial charge on any atom is -0.495 e. The van der Waals surface area contributed by atoms with Gasteiger partial charge in [0.1, 0.15) is 22.3 Å². The van der Waals surface area contributed by atoms with Gasteiger partial charge in [0.05, 0.1) is 12.8 Å². The van der Waals surface area contributed by atoms with Crippen LogP contribution in [0.25, 0.3) is 0 Å². The van der Waals surface area contributed by atoms with Crippen molar-refractivity contribution < 1.29 is 26.7 Å². The zero-order valence-electron chi connectivity index (χ0n) is 17.1. The van der Waals surface area contributed by atoms with E-state index in [1.807, 2.05) is 12.1 Å². The Kier molecular flexibility index (Phi) is 5.84. The highest BCUT2D eigenvalue weighted by Gasteiger charge is 2.32. The molecule has 3 aromatic rings. The van der Waals surface area contributed by atoms with Gasteiger partial charge in [0.15, 0.2) is 0 Å². The highest BCUT2D eigenvalue weighted by atomic mass is 32.2. The van der Waals surface area contributed by atoms with Crippen LogP contribution in [0.1, 0.15) is 22.3 Å². The summed E-state index contributed by atoms with van der Waals surface area (Å²) in [5, 5.41) is 2.38. The van der Waals surface area contributed by atoms with Gasteiger partial charge in [-0.3, -0.25) is 9.10 Å².